The van der Waals surface area contributed by atoms with Crippen molar-refractivity contribution in [2.75, 3.05) is 0 Å². The first-order chi connectivity index (χ1) is 12.5. The first-order valence-corrected chi connectivity index (χ1v) is 9.43. The Morgan fingerprint density at radius 3 is 2.31 bits per heavy atom. The van der Waals surface area contributed by atoms with Gasteiger partial charge in [0.05, 0.1) is 15.6 Å². The zero-order valence-corrected chi connectivity index (χ0v) is 16.4. The van der Waals surface area contributed by atoms with Crippen molar-refractivity contribution < 1.29 is 8.78 Å². The van der Waals surface area contributed by atoms with Crippen molar-refractivity contribution >= 4 is 45.8 Å². The molecule has 0 fully saturated rings. The summed E-state index contributed by atoms with van der Waals surface area (Å²) in [6.07, 6.45) is 0. The summed E-state index contributed by atoms with van der Waals surface area (Å²) in [7, 11) is 0. The van der Waals surface area contributed by atoms with E-state index >= 15 is 0 Å². The molecule has 0 amide bonds. The lowest BCUT2D eigenvalue weighted by Crippen LogP contribution is -2.02. The van der Waals surface area contributed by atoms with E-state index in [0.717, 1.165) is 16.7 Å². The minimum absolute atomic E-state index is 0.0303. The van der Waals surface area contributed by atoms with Crippen LogP contribution in [0.2, 0.25) is 0 Å². The highest BCUT2D eigenvalue weighted by Crippen LogP contribution is 2.26. The number of aromatic amines is 1. The fraction of sp³-hybridized carbons (Fsp3) is 0.0500. The van der Waals surface area contributed by atoms with Gasteiger partial charge in [0.15, 0.2) is 10.6 Å². The van der Waals surface area contributed by atoms with E-state index in [0.29, 0.717) is 22.3 Å². The third-order valence-electron chi connectivity index (χ3n) is 4.29. The van der Waals surface area contributed by atoms with Gasteiger partial charge in [0.2, 0.25) is 0 Å². The van der Waals surface area contributed by atoms with Crippen LogP contribution in [0.1, 0.15) is 5.56 Å². The number of nitrogens with zero attached hydrogens (tertiary/aromatic N) is 1. The molecule has 3 aromatic carbocycles. The van der Waals surface area contributed by atoms with Crippen LogP contribution in [-0.4, -0.2) is 9.55 Å². The van der Waals surface area contributed by atoms with E-state index in [-0.39, 0.29) is 3.57 Å². The summed E-state index contributed by atoms with van der Waals surface area (Å²) in [6.45, 7) is 0.409. The van der Waals surface area contributed by atoms with Gasteiger partial charge in [-0.2, -0.15) is 0 Å². The summed E-state index contributed by atoms with van der Waals surface area (Å²) >= 11 is 6.99. The molecule has 4 rings (SSSR count). The molecule has 0 aliphatic rings. The molecule has 130 valence electrons. The van der Waals surface area contributed by atoms with E-state index in [4.69, 9.17) is 12.2 Å². The Balaban J connectivity index is 1.73. The second kappa shape index (κ2) is 6.92. The zero-order valence-electron chi connectivity index (χ0n) is 13.5. The summed E-state index contributed by atoms with van der Waals surface area (Å²) in [5.41, 5.74) is 3.90. The third-order valence-corrected chi connectivity index (χ3v) is 5.61. The quantitative estimate of drug-likeness (QED) is 0.208. The van der Waals surface area contributed by atoms with Crippen molar-refractivity contribution in [1.82, 2.24) is 9.55 Å². The number of fused-ring (bicyclic) bond motifs is 1. The smallest absolute Gasteiger partial charge is 0.178 e. The van der Waals surface area contributed by atoms with Crippen LogP contribution in [0.5, 0.6) is 0 Å². The topological polar surface area (TPSA) is 20.7 Å². The molecule has 0 unspecified atom stereocenters. The van der Waals surface area contributed by atoms with E-state index in [1.54, 1.807) is 27.2 Å². The monoisotopic (exact) mass is 478 g/mol. The largest absolute Gasteiger partial charge is 0.330 e. The lowest BCUT2D eigenvalue weighted by Gasteiger charge is -2.08. The van der Waals surface area contributed by atoms with Gasteiger partial charge in [0, 0.05) is 6.07 Å². The van der Waals surface area contributed by atoms with Crippen LogP contribution in [0.3, 0.4) is 0 Å². The van der Waals surface area contributed by atoms with Crippen LogP contribution < -0.4 is 0 Å². The van der Waals surface area contributed by atoms with E-state index in [1.165, 1.54) is 6.07 Å². The van der Waals surface area contributed by atoms with Gasteiger partial charge in [-0.25, -0.2) is 8.78 Å². The normalized spacial score (nSPS) is 11.2. The Morgan fingerprint density at radius 1 is 0.962 bits per heavy atom. The van der Waals surface area contributed by atoms with Crippen LogP contribution in [0.4, 0.5) is 8.78 Å². The Kier molecular flexibility index (Phi) is 4.62. The summed E-state index contributed by atoms with van der Waals surface area (Å²) in [6, 6.07) is 19.4. The molecule has 0 atom stereocenters. The molecular formula is C20H13F2IN2S. The predicted octanol–water partition coefficient (Wildman–Crippen LogP) is 6.30. The van der Waals surface area contributed by atoms with Crippen LogP contribution >= 0.6 is 34.8 Å². The fourth-order valence-corrected chi connectivity index (χ4v) is 3.67. The number of H-pyrrole nitrogens is 1. The van der Waals surface area contributed by atoms with Crippen molar-refractivity contribution in [3.8, 4) is 11.1 Å². The molecule has 2 nitrogen and oxygen atoms in total. The number of aromatic nitrogens is 2. The maximum absolute atomic E-state index is 14.6. The lowest BCUT2D eigenvalue weighted by atomic mass is 10.0. The fourth-order valence-electron chi connectivity index (χ4n) is 3.00. The predicted molar refractivity (Wildman–Crippen MR) is 111 cm³/mol. The molecule has 1 heterocycles. The highest BCUT2D eigenvalue weighted by Gasteiger charge is 2.16. The molecule has 0 aliphatic heterocycles. The number of rotatable bonds is 3. The van der Waals surface area contributed by atoms with Crippen molar-refractivity contribution in [3.05, 3.63) is 86.2 Å². The summed E-state index contributed by atoms with van der Waals surface area (Å²) in [5, 5.41) is 0. The summed E-state index contributed by atoms with van der Waals surface area (Å²) in [5.74, 6) is -1.18. The number of benzene rings is 3. The number of hydrogen-bond acceptors (Lipinski definition) is 1. The maximum atomic E-state index is 14.6. The van der Waals surface area contributed by atoms with Gasteiger partial charge >= 0.3 is 0 Å². The van der Waals surface area contributed by atoms with Gasteiger partial charge in [-0.15, -0.1) is 0 Å². The van der Waals surface area contributed by atoms with Gasteiger partial charge in [-0.3, -0.25) is 0 Å². The first kappa shape index (κ1) is 17.4. The Morgan fingerprint density at radius 2 is 1.62 bits per heavy atom. The highest BCUT2D eigenvalue weighted by molar-refractivity contribution is 14.1. The van der Waals surface area contributed by atoms with Crippen LogP contribution in [-0.2, 0) is 6.54 Å². The summed E-state index contributed by atoms with van der Waals surface area (Å²) < 4.78 is 30.4. The molecule has 1 aromatic heterocycles. The number of halogens is 3. The van der Waals surface area contributed by atoms with Crippen LogP contribution in [0.25, 0.3) is 22.2 Å². The van der Waals surface area contributed by atoms with Crippen LogP contribution in [0, 0.1) is 20.0 Å². The minimum atomic E-state index is -0.591. The van der Waals surface area contributed by atoms with Crippen molar-refractivity contribution in [2.24, 2.45) is 0 Å². The van der Waals surface area contributed by atoms with Gasteiger partial charge in [0.25, 0.3) is 0 Å². The Bertz CT molecular complexity index is 1150. The van der Waals surface area contributed by atoms with Crippen molar-refractivity contribution in [3.63, 3.8) is 0 Å². The standard InChI is InChI=1S/C20H13F2IN2S/c21-15-10-16-19(17(22)18(15)23)25(20(26)24-16)11-12-6-8-14(9-7-12)13-4-2-1-3-5-13/h1-10H,11H2,(H,24,26). The van der Waals surface area contributed by atoms with Gasteiger partial charge in [-0.05, 0) is 51.5 Å². The minimum Gasteiger partial charge on any atom is -0.330 e. The Labute approximate surface area is 167 Å². The molecule has 0 spiro atoms. The maximum Gasteiger partial charge on any atom is 0.178 e. The number of hydrogen-bond donors (Lipinski definition) is 1. The molecule has 4 aromatic rings. The molecule has 26 heavy (non-hydrogen) atoms. The van der Waals surface area contributed by atoms with Crippen LogP contribution in [0.15, 0.2) is 60.7 Å². The lowest BCUT2D eigenvalue weighted by molar-refractivity contribution is 0.574. The molecule has 6 heteroatoms. The average Bonchev–Trinajstić information content (AvgIpc) is 2.96. The molecule has 1 N–H and O–H groups in total. The Hall–Kier alpha value is -2.06. The van der Waals surface area contributed by atoms with Crippen molar-refractivity contribution in [1.29, 1.82) is 0 Å². The zero-order chi connectivity index (χ0) is 18.3. The average molecular weight is 478 g/mol. The second-order valence-electron chi connectivity index (χ2n) is 5.96. The van der Waals surface area contributed by atoms with Gasteiger partial charge in [0.1, 0.15) is 11.3 Å². The van der Waals surface area contributed by atoms with E-state index < -0.39 is 11.6 Å². The van der Waals surface area contributed by atoms with E-state index in [2.05, 4.69) is 17.1 Å². The molecule has 0 bridgehead atoms. The third kappa shape index (κ3) is 3.07. The van der Waals surface area contributed by atoms with E-state index in [1.807, 2.05) is 42.5 Å². The molecule has 0 radical (unpaired) electrons. The van der Waals surface area contributed by atoms with Crippen molar-refractivity contribution in [2.45, 2.75) is 6.54 Å². The summed E-state index contributed by atoms with van der Waals surface area (Å²) in [4.78, 5) is 2.89. The number of imidazole rings is 1. The highest BCUT2D eigenvalue weighted by atomic mass is 127. The second-order valence-corrected chi connectivity index (χ2v) is 7.43. The molecule has 0 saturated carbocycles. The van der Waals surface area contributed by atoms with Gasteiger partial charge in [-0.1, -0.05) is 54.6 Å². The molecular weight excluding hydrogens is 465 g/mol. The number of nitrogens with one attached hydrogen (secondary N) is 1. The van der Waals surface area contributed by atoms with Gasteiger partial charge < -0.3 is 9.55 Å². The van der Waals surface area contributed by atoms with E-state index in [9.17, 15) is 8.78 Å². The SMILES string of the molecule is Fc1cc2[nH]c(=S)n(Cc3ccc(-c4ccccc4)cc3)c2c(F)c1I. The molecule has 0 saturated heterocycles. The molecule has 0 aliphatic carbocycles. The first-order valence-electron chi connectivity index (χ1n) is 7.95.